The van der Waals surface area contributed by atoms with Crippen LogP contribution in [0.15, 0.2) is 82.0 Å². The lowest BCUT2D eigenvalue weighted by Gasteiger charge is -2.23. The molecule has 3 rings (SSSR count). The van der Waals surface area contributed by atoms with E-state index in [1.165, 1.54) is 25.4 Å². The molecule has 1 aliphatic rings. The van der Waals surface area contributed by atoms with Crippen molar-refractivity contribution in [2.45, 2.75) is 33.3 Å². The first kappa shape index (κ1) is 23.1. The summed E-state index contributed by atoms with van der Waals surface area (Å²) in [6.07, 6.45) is 1.31. The summed E-state index contributed by atoms with van der Waals surface area (Å²) in [5, 5.41) is 3.93. The zero-order valence-corrected chi connectivity index (χ0v) is 19.0. The summed E-state index contributed by atoms with van der Waals surface area (Å²) in [7, 11) is 2.75. The molecular formula is C26H29NO5. The van der Waals surface area contributed by atoms with E-state index in [-0.39, 0.29) is 5.71 Å². The Morgan fingerprint density at radius 1 is 0.844 bits per heavy atom. The van der Waals surface area contributed by atoms with Gasteiger partial charge in [-0.3, -0.25) is 0 Å². The normalized spacial score (nSPS) is 14.3. The average Bonchev–Trinajstić information content (AvgIpc) is 2.82. The molecule has 0 saturated heterocycles. The predicted molar refractivity (Wildman–Crippen MR) is 124 cm³/mol. The van der Waals surface area contributed by atoms with Crippen LogP contribution in [0, 0.1) is 0 Å². The first-order valence-electron chi connectivity index (χ1n) is 10.5. The molecule has 168 valence electrons. The first-order chi connectivity index (χ1) is 15.5. The predicted octanol–water partition coefficient (Wildman–Crippen LogP) is 5.25. The number of rotatable bonds is 9. The molecule has 0 bridgehead atoms. The van der Waals surface area contributed by atoms with Gasteiger partial charge < -0.3 is 19.0 Å². The lowest BCUT2D eigenvalue weighted by molar-refractivity contribution is -0.132. The Labute approximate surface area is 189 Å². The molecular weight excluding hydrogens is 406 g/mol. The molecule has 32 heavy (non-hydrogen) atoms. The topological polar surface area (TPSA) is 66.4 Å². The maximum atomic E-state index is 12.3. The summed E-state index contributed by atoms with van der Waals surface area (Å²) in [6, 6.07) is 17.5. The summed E-state index contributed by atoms with van der Waals surface area (Å²) in [6.45, 7) is 5.00. The van der Waals surface area contributed by atoms with Gasteiger partial charge in [0, 0.05) is 0 Å². The second-order valence-electron chi connectivity index (χ2n) is 7.64. The third-order valence-corrected chi connectivity index (χ3v) is 5.41. The van der Waals surface area contributed by atoms with Gasteiger partial charge >= 0.3 is 5.97 Å². The molecule has 0 unspecified atom stereocenters. The van der Waals surface area contributed by atoms with E-state index in [0.717, 1.165) is 28.2 Å². The maximum Gasteiger partial charge on any atom is 0.360 e. The van der Waals surface area contributed by atoms with Crippen molar-refractivity contribution in [3.63, 3.8) is 0 Å². The molecule has 0 heterocycles. The summed E-state index contributed by atoms with van der Waals surface area (Å²) in [5.41, 5.74) is 5.55. The smallest absolute Gasteiger partial charge is 0.360 e. The van der Waals surface area contributed by atoms with Gasteiger partial charge in [0.2, 0.25) is 0 Å². The number of carbonyl (C=O) groups is 1. The van der Waals surface area contributed by atoms with Crippen LogP contribution in [-0.4, -0.2) is 32.5 Å². The Hall–Kier alpha value is -3.54. The molecule has 2 aromatic rings. The third-order valence-electron chi connectivity index (χ3n) is 5.41. The molecule has 0 amide bonds. The largest absolute Gasteiger partial charge is 0.489 e. The molecule has 1 aliphatic carbocycles. The van der Waals surface area contributed by atoms with Gasteiger partial charge in [0.15, 0.2) is 5.71 Å². The van der Waals surface area contributed by atoms with E-state index in [4.69, 9.17) is 19.0 Å². The fourth-order valence-corrected chi connectivity index (χ4v) is 3.46. The monoisotopic (exact) mass is 435 g/mol. The van der Waals surface area contributed by atoms with Crippen LogP contribution in [0.3, 0.4) is 0 Å². The van der Waals surface area contributed by atoms with Crippen LogP contribution in [-0.2, 0) is 21.0 Å². The van der Waals surface area contributed by atoms with Gasteiger partial charge in [0.1, 0.15) is 31.8 Å². The lowest BCUT2D eigenvalue weighted by atomic mass is 9.85. The number of methoxy groups -OCH3 is 1. The molecule has 0 radical (unpaired) electrons. The van der Waals surface area contributed by atoms with Crippen molar-refractivity contribution in [3.05, 3.63) is 82.5 Å². The summed E-state index contributed by atoms with van der Waals surface area (Å²) >= 11 is 0. The molecule has 2 aromatic carbocycles. The van der Waals surface area contributed by atoms with Crippen molar-refractivity contribution in [1.29, 1.82) is 0 Å². The number of oxime groups is 1. The van der Waals surface area contributed by atoms with Gasteiger partial charge in [-0.05, 0) is 67.7 Å². The number of esters is 1. The van der Waals surface area contributed by atoms with Crippen molar-refractivity contribution >= 4 is 11.7 Å². The summed E-state index contributed by atoms with van der Waals surface area (Å²) < 4.78 is 16.8. The second-order valence-corrected chi connectivity index (χ2v) is 7.64. The fraction of sp³-hybridized carbons (Fsp3) is 0.308. The third kappa shape index (κ3) is 6.00. The number of carbonyl (C=O) groups excluding carboxylic acids is 1. The van der Waals surface area contributed by atoms with Gasteiger partial charge in [0.25, 0.3) is 0 Å². The summed E-state index contributed by atoms with van der Waals surface area (Å²) in [4.78, 5) is 17.2. The molecule has 0 aromatic heterocycles. The van der Waals surface area contributed by atoms with Crippen molar-refractivity contribution in [2.75, 3.05) is 20.8 Å². The standard InChI is InChI=1S/C26H29NO5/c1-18-14-21(24(15-19(18)2)25(27-30-4)26(28)29-3)17-32-23-12-10-22(11-13-23)31-16-20-8-6-5-7-9-20/h5-13H,14-17H2,1-4H3/b27-25+. The Morgan fingerprint density at radius 2 is 1.44 bits per heavy atom. The Morgan fingerprint density at radius 3 is 2.03 bits per heavy atom. The number of hydrogen-bond donors (Lipinski definition) is 0. The Balaban J connectivity index is 1.69. The highest BCUT2D eigenvalue weighted by Crippen LogP contribution is 2.31. The van der Waals surface area contributed by atoms with Crippen LogP contribution >= 0.6 is 0 Å². The highest BCUT2D eigenvalue weighted by Gasteiger charge is 2.26. The average molecular weight is 436 g/mol. The van der Waals surface area contributed by atoms with Crippen LogP contribution in [0.5, 0.6) is 11.5 Å². The lowest BCUT2D eigenvalue weighted by Crippen LogP contribution is -2.24. The van der Waals surface area contributed by atoms with E-state index >= 15 is 0 Å². The second kappa shape index (κ2) is 11.2. The van der Waals surface area contributed by atoms with Crippen molar-refractivity contribution in [2.24, 2.45) is 5.16 Å². The molecule has 6 nitrogen and oxygen atoms in total. The van der Waals surface area contributed by atoms with Gasteiger partial charge in [-0.2, -0.15) is 0 Å². The van der Waals surface area contributed by atoms with E-state index in [1.807, 2.05) is 54.6 Å². The van der Waals surface area contributed by atoms with E-state index in [0.29, 0.717) is 26.1 Å². The minimum absolute atomic E-state index is 0.185. The van der Waals surface area contributed by atoms with E-state index < -0.39 is 5.97 Å². The van der Waals surface area contributed by atoms with Gasteiger partial charge in [0.05, 0.1) is 7.11 Å². The number of hydrogen-bond acceptors (Lipinski definition) is 6. The molecule has 0 atom stereocenters. The number of nitrogens with zero attached hydrogens (tertiary/aromatic N) is 1. The summed E-state index contributed by atoms with van der Waals surface area (Å²) in [5.74, 6) is 0.969. The maximum absolute atomic E-state index is 12.3. The Kier molecular flexibility index (Phi) is 8.08. The van der Waals surface area contributed by atoms with Crippen LogP contribution in [0.2, 0.25) is 0 Å². The number of benzene rings is 2. The van der Waals surface area contributed by atoms with E-state index in [1.54, 1.807) is 0 Å². The quantitative estimate of drug-likeness (QED) is 0.233. The fourth-order valence-electron chi connectivity index (χ4n) is 3.46. The Bertz CT molecular complexity index is 1020. The van der Waals surface area contributed by atoms with Crippen LogP contribution in [0.4, 0.5) is 0 Å². The van der Waals surface area contributed by atoms with Gasteiger partial charge in [-0.25, -0.2) is 4.79 Å². The minimum Gasteiger partial charge on any atom is -0.489 e. The van der Waals surface area contributed by atoms with E-state index in [9.17, 15) is 4.79 Å². The van der Waals surface area contributed by atoms with Crippen molar-refractivity contribution < 1.29 is 23.8 Å². The molecule has 0 N–H and O–H groups in total. The SMILES string of the molecule is CO/N=C(/C(=O)OC)C1=C(COc2ccc(OCc3ccccc3)cc2)CC(C)=C(C)C1. The first-order valence-corrected chi connectivity index (χ1v) is 10.5. The van der Waals surface area contributed by atoms with Crippen molar-refractivity contribution in [3.8, 4) is 11.5 Å². The molecule has 6 heteroatoms. The number of ether oxygens (including phenoxy) is 3. The molecule has 0 saturated carbocycles. The van der Waals surface area contributed by atoms with E-state index in [2.05, 4.69) is 19.0 Å². The highest BCUT2D eigenvalue weighted by atomic mass is 16.6. The molecule has 0 fully saturated rings. The van der Waals surface area contributed by atoms with Gasteiger partial charge in [-0.1, -0.05) is 46.6 Å². The molecule has 0 aliphatic heterocycles. The molecule has 0 spiro atoms. The van der Waals surface area contributed by atoms with Crippen LogP contribution in [0.1, 0.15) is 32.3 Å². The van der Waals surface area contributed by atoms with Crippen molar-refractivity contribution in [1.82, 2.24) is 0 Å². The van der Waals surface area contributed by atoms with Crippen LogP contribution < -0.4 is 9.47 Å². The van der Waals surface area contributed by atoms with Crippen LogP contribution in [0.25, 0.3) is 0 Å². The zero-order valence-electron chi connectivity index (χ0n) is 19.0. The zero-order chi connectivity index (χ0) is 22.9. The number of allylic oxidation sites excluding steroid dienone is 2. The highest BCUT2D eigenvalue weighted by molar-refractivity contribution is 6.43. The minimum atomic E-state index is -0.522. The van der Waals surface area contributed by atoms with Gasteiger partial charge in [-0.15, -0.1) is 0 Å².